The van der Waals surface area contributed by atoms with Gasteiger partial charge in [0, 0.05) is 30.5 Å². The van der Waals surface area contributed by atoms with Gasteiger partial charge in [0.05, 0.1) is 11.9 Å². The van der Waals surface area contributed by atoms with Crippen molar-refractivity contribution in [1.29, 1.82) is 0 Å². The van der Waals surface area contributed by atoms with E-state index in [4.69, 9.17) is 4.52 Å². The molecule has 0 aliphatic carbocycles. The van der Waals surface area contributed by atoms with E-state index in [1.54, 1.807) is 10.9 Å². The van der Waals surface area contributed by atoms with Gasteiger partial charge in [-0.15, -0.1) is 0 Å². The minimum absolute atomic E-state index is 0.00361. The summed E-state index contributed by atoms with van der Waals surface area (Å²) in [6, 6.07) is 0. The summed E-state index contributed by atoms with van der Waals surface area (Å²) in [5.41, 5.74) is 2.85. The zero-order valence-corrected chi connectivity index (χ0v) is 10.5. The van der Waals surface area contributed by atoms with Gasteiger partial charge in [-0.1, -0.05) is 5.16 Å². The molecule has 0 radical (unpaired) electrons. The molecule has 0 saturated carbocycles. The van der Waals surface area contributed by atoms with Gasteiger partial charge in [-0.05, 0) is 13.8 Å². The van der Waals surface area contributed by atoms with Crippen LogP contribution in [0.25, 0.3) is 0 Å². The van der Waals surface area contributed by atoms with Crippen molar-refractivity contribution in [3.63, 3.8) is 0 Å². The van der Waals surface area contributed by atoms with Crippen LogP contribution in [-0.4, -0.2) is 20.8 Å². The Morgan fingerprint density at radius 2 is 2.28 bits per heavy atom. The average molecular weight is 246 g/mol. The molecule has 3 rings (SSSR count). The van der Waals surface area contributed by atoms with Crippen LogP contribution in [0, 0.1) is 13.8 Å². The lowest BCUT2D eigenvalue weighted by Gasteiger charge is -2.22. The number of aryl methyl sites for hydroxylation is 3. The van der Waals surface area contributed by atoms with Crippen molar-refractivity contribution in [2.75, 3.05) is 5.32 Å². The third-order valence-corrected chi connectivity index (χ3v) is 3.43. The maximum atomic E-state index is 11.8. The number of aromatic nitrogens is 3. The van der Waals surface area contributed by atoms with Crippen LogP contribution in [0.4, 0.5) is 5.82 Å². The topological polar surface area (TPSA) is 73.0 Å². The molecule has 1 N–H and O–H groups in total. The molecule has 1 aliphatic rings. The maximum Gasteiger partial charge on any atom is 0.226 e. The van der Waals surface area contributed by atoms with Crippen molar-refractivity contribution in [1.82, 2.24) is 14.9 Å². The van der Waals surface area contributed by atoms with E-state index in [1.807, 2.05) is 20.9 Å². The Morgan fingerprint density at radius 3 is 2.94 bits per heavy atom. The Kier molecular flexibility index (Phi) is 2.26. The van der Waals surface area contributed by atoms with Gasteiger partial charge in [-0.2, -0.15) is 5.10 Å². The third kappa shape index (κ3) is 1.45. The van der Waals surface area contributed by atoms with E-state index in [0.29, 0.717) is 6.42 Å². The summed E-state index contributed by atoms with van der Waals surface area (Å²) < 4.78 is 6.87. The van der Waals surface area contributed by atoms with Crippen molar-refractivity contribution >= 4 is 11.7 Å². The first-order valence-corrected chi connectivity index (χ1v) is 5.82. The van der Waals surface area contributed by atoms with Gasteiger partial charge in [0.25, 0.3) is 0 Å². The molecule has 3 heterocycles. The molecule has 2 aromatic rings. The van der Waals surface area contributed by atoms with Crippen LogP contribution >= 0.6 is 0 Å². The summed E-state index contributed by atoms with van der Waals surface area (Å²) in [5, 5.41) is 11.0. The highest BCUT2D eigenvalue weighted by atomic mass is 16.5. The first-order chi connectivity index (χ1) is 8.58. The molecule has 18 heavy (non-hydrogen) atoms. The first kappa shape index (κ1) is 11.0. The second-order valence-electron chi connectivity index (χ2n) is 4.61. The van der Waals surface area contributed by atoms with E-state index in [0.717, 1.165) is 28.4 Å². The van der Waals surface area contributed by atoms with Gasteiger partial charge >= 0.3 is 0 Å². The lowest BCUT2D eigenvalue weighted by Crippen LogP contribution is -2.24. The fraction of sp³-hybridized carbons (Fsp3) is 0.417. The zero-order valence-electron chi connectivity index (χ0n) is 10.5. The summed E-state index contributed by atoms with van der Waals surface area (Å²) in [6.07, 6.45) is 2.20. The number of fused-ring (bicyclic) bond motifs is 1. The van der Waals surface area contributed by atoms with E-state index in [9.17, 15) is 4.79 Å². The molecule has 6 nitrogen and oxygen atoms in total. The Labute approximate surface area is 104 Å². The minimum Gasteiger partial charge on any atom is -0.361 e. The Hall–Kier alpha value is -2.11. The maximum absolute atomic E-state index is 11.8. The molecule has 1 atom stereocenters. The summed E-state index contributed by atoms with van der Waals surface area (Å²) >= 11 is 0. The minimum atomic E-state index is -0.0197. The Balaban J connectivity index is 2.16. The zero-order chi connectivity index (χ0) is 12.9. The third-order valence-electron chi connectivity index (χ3n) is 3.43. The summed E-state index contributed by atoms with van der Waals surface area (Å²) in [7, 11) is 1.81. The molecule has 2 aromatic heterocycles. The largest absolute Gasteiger partial charge is 0.361 e. The lowest BCUT2D eigenvalue weighted by molar-refractivity contribution is -0.116. The molecule has 0 bridgehead atoms. The summed E-state index contributed by atoms with van der Waals surface area (Å²) in [5.74, 6) is 1.50. The Bertz CT molecular complexity index is 607. The molecule has 0 aromatic carbocycles. The number of rotatable bonds is 1. The van der Waals surface area contributed by atoms with E-state index in [-0.39, 0.29) is 11.8 Å². The van der Waals surface area contributed by atoms with Gasteiger partial charge in [-0.3, -0.25) is 9.48 Å². The number of nitrogens with one attached hydrogen (secondary N) is 1. The van der Waals surface area contributed by atoms with Crippen LogP contribution in [0.15, 0.2) is 10.7 Å². The Morgan fingerprint density at radius 1 is 1.50 bits per heavy atom. The lowest BCUT2D eigenvalue weighted by atomic mass is 9.86. The summed E-state index contributed by atoms with van der Waals surface area (Å²) in [4.78, 5) is 11.8. The predicted molar refractivity (Wildman–Crippen MR) is 64.3 cm³/mol. The van der Waals surface area contributed by atoms with Crippen molar-refractivity contribution < 1.29 is 9.32 Å². The number of hydrogen-bond acceptors (Lipinski definition) is 4. The highest BCUT2D eigenvalue weighted by Gasteiger charge is 2.32. The van der Waals surface area contributed by atoms with Crippen LogP contribution in [0.5, 0.6) is 0 Å². The second-order valence-corrected chi connectivity index (χ2v) is 4.61. The van der Waals surface area contributed by atoms with Gasteiger partial charge < -0.3 is 9.84 Å². The molecule has 0 unspecified atom stereocenters. The fourth-order valence-corrected chi connectivity index (χ4v) is 2.59. The molecule has 1 amide bonds. The van der Waals surface area contributed by atoms with Crippen molar-refractivity contribution in [2.45, 2.75) is 26.2 Å². The number of carbonyl (C=O) groups is 1. The van der Waals surface area contributed by atoms with Gasteiger partial charge in [0.2, 0.25) is 5.91 Å². The van der Waals surface area contributed by atoms with Crippen LogP contribution < -0.4 is 5.32 Å². The van der Waals surface area contributed by atoms with E-state index < -0.39 is 0 Å². The van der Waals surface area contributed by atoms with Crippen LogP contribution in [0.1, 0.15) is 34.9 Å². The number of anilines is 1. The molecule has 0 fully saturated rings. The molecular weight excluding hydrogens is 232 g/mol. The fourth-order valence-electron chi connectivity index (χ4n) is 2.59. The van der Waals surface area contributed by atoms with E-state index in [1.165, 1.54) is 0 Å². The number of hydrogen-bond donors (Lipinski definition) is 1. The number of carbonyl (C=O) groups excluding carboxylic acids is 1. The highest BCUT2D eigenvalue weighted by molar-refractivity contribution is 5.94. The van der Waals surface area contributed by atoms with Crippen molar-refractivity contribution in [2.24, 2.45) is 7.05 Å². The van der Waals surface area contributed by atoms with Gasteiger partial charge in [-0.25, -0.2) is 0 Å². The van der Waals surface area contributed by atoms with Crippen molar-refractivity contribution in [3.05, 3.63) is 28.8 Å². The van der Waals surface area contributed by atoms with Crippen LogP contribution in [0.2, 0.25) is 0 Å². The molecule has 1 aliphatic heterocycles. The van der Waals surface area contributed by atoms with Crippen LogP contribution in [-0.2, 0) is 11.8 Å². The van der Waals surface area contributed by atoms with E-state index >= 15 is 0 Å². The molecular formula is C12H14N4O2. The van der Waals surface area contributed by atoms with Gasteiger partial charge in [0.1, 0.15) is 11.6 Å². The quantitative estimate of drug-likeness (QED) is 0.827. The normalized spacial score (nSPS) is 18.6. The number of amides is 1. The summed E-state index contributed by atoms with van der Waals surface area (Å²) in [6.45, 7) is 3.77. The van der Waals surface area contributed by atoms with Crippen molar-refractivity contribution in [3.8, 4) is 0 Å². The SMILES string of the molecule is Cc1noc(C)c1[C@H]1CC(=O)Nc2c1cnn2C. The second kappa shape index (κ2) is 3.69. The van der Waals surface area contributed by atoms with Gasteiger partial charge in [0.15, 0.2) is 0 Å². The molecule has 0 spiro atoms. The first-order valence-electron chi connectivity index (χ1n) is 5.82. The van der Waals surface area contributed by atoms with Crippen LogP contribution in [0.3, 0.4) is 0 Å². The standard InChI is InChI=1S/C12H14N4O2/c1-6-11(7(2)18-15-6)8-4-10(17)14-12-9(8)5-13-16(12)3/h5,8H,4H2,1-3H3,(H,14,17)/t8-/m0/s1. The van der Waals surface area contributed by atoms with E-state index in [2.05, 4.69) is 15.6 Å². The molecule has 6 heteroatoms. The predicted octanol–water partition coefficient (Wildman–Crippen LogP) is 1.50. The molecule has 0 saturated heterocycles. The average Bonchev–Trinajstić information content (AvgIpc) is 2.84. The molecule has 94 valence electrons. The highest BCUT2D eigenvalue weighted by Crippen LogP contribution is 2.39. The number of nitrogens with zero attached hydrogens (tertiary/aromatic N) is 3. The smallest absolute Gasteiger partial charge is 0.226 e. The monoisotopic (exact) mass is 246 g/mol.